The van der Waals surface area contributed by atoms with Crippen molar-refractivity contribution in [1.82, 2.24) is 24.5 Å². The first-order chi connectivity index (χ1) is 11.0. The van der Waals surface area contributed by atoms with Crippen LogP contribution >= 0.6 is 28.1 Å². The van der Waals surface area contributed by atoms with Crippen molar-refractivity contribution in [2.75, 3.05) is 0 Å². The van der Waals surface area contributed by atoms with E-state index in [1.54, 1.807) is 6.20 Å². The molecule has 0 amide bonds. The van der Waals surface area contributed by atoms with Gasteiger partial charge in [0, 0.05) is 12.1 Å². The molecule has 23 heavy (non-hydrogen) atoms. The average Bonchev–Trinajstić information content (AvgIpc) is 3.07. The normalized spacial score (nSPS) is 12.5. The summed E-state index contributed by atoms with van der Waals surface area (Å²) in [6, 6.07) is 6.35. The van der Waals surface area contributed by atoms with E-state index in [1.165, 1.54) is 11.1 Å². The highest BCUT2D eigenvalue weighted by molar-refractivity contribution is 9.10. The number of benzene rings is 1. The molecule has 7 heteroatoms. The first kappa shape index (κ1) is 16.1. The molecule has 2 heterocycles. The Balaban J connectivity index is 2.01. The number of halogens is 1. The molecule has 0 unspecified atom stereocenters. The van der Waals surface area contributed by atoms with Gasteiger partial charge in [-0.15, -0.1) is 0 Å². The molecule has 120 valence electrons. The molecule has 2 aromatic heterocycles. The first-order valence-corrected chi connectivity index (χ1v) is 8.58. The van der Waals surface area contributed by atoms with Crippen LogP contribution in [0, 0.1) is 18.6 Å². The maximum atomic E-state index is 5.46. The van der Waals surface area contributed by atoms with E-state index >= 15 is 0 Å². The van der Waals surface area contributed by atoms with E-state index < -0.39 is 0 Å². The van der Waals surface area contributed by atoms with Crippen molar-refractivity contribution in [1.29, 1.82) is 0 Å². The lowest BCUT2D eigenvalue weighted by Crippen LogP contribution is -2.13. The van der Waals surface area contributed by atoms with Crippen LogP contribution in [-0.4, -0.2) is 24.5 Å². The van der Waals surface area contributed by atoms with Crippen molar-refractivity contribution in [3.63, 3.8) is 0 Å². The van der Waals surface area contributed by atoms with Crippen LogP contribution in [0.3, 0.4) is 0 Å². The minimum absolute atomic E-state index is 0.162. The Hall–Kier alpha value is -1.73. The van der Waals surface area contributed by atoms with Crippen LogP contribution < -0.4 is 0 Å². The van der Waals surface area contributed by atoms with Crippen LogP contribution in [0.25, 0.3) is 5.69 Å². The molecule has 0 aliphatic rings. The molecule has 1 atom stereocenters. The Morgan fingerprint density at radius 2 is 2.13 bits per heavy atom. The van der Waals surface area contributed by atoms with Crippen LogP contribution in [0.2, 0.25) is 0 Å². The van der Waals surface area contributed by atoms with E-state index in [-0.39, 0.29) is 5.92 Å². The number of nitrogens with one attached hydrogen (secondary N) is 1. The van der Waals surface area contributed by atoms with Gasteiger partial charge in [0.25, 0.3) is 0 Å². The predicted octanol–water partition coefficient (Wildman–Crippen LogP) is 4.31. The Bertz CT molecular complexity index is 892. The Morgan fingerprint density at radius 1 is 1.35 bits per heavy atom. The van der Waals surface area contributed by atoms with Crippen molar-refractivity contribution in [2.45, 2.75) is 33.2 Å². The van der Waals surface area contributed by atoms with Gasteiger partial charge < -0.3 is 0 Å². The number of hydrogen-bond donors (Lipinski definition) is 1. The van der Waals surface area contributed by atoms with Gasteiger partial charge in [0.2, 0.25) is 0 Å². The highest BCUT2D eigenvalue weighted by atomic mass is 79.9. The second-order valence-electron chi connectivity index (χ2n) is 5.79. The summed E-state index contributed by atoms with van der Waals surface area (Å²) in [6.45, 7) is 7.03. The second-order valence-corrected chi connectivity index (χ2v) is 7.10. The summed E-state index contributed by atoms with van der Waals surface area (Å²) in [5.41, 5.74) is 3.44. The van der Waals surface area contributed by atoms with E-state index in [1.807, 2.05) is 15.4 Å². The molecule has 3 aromatic rings. The van der Waals surface area contributed by atoms with Crippen LogP contribution in [0.5, 0.6) is 0 Å². The molecule has 0 bridgehead atoms. The number of aryl methyl sites for hydroxylation is 2. The fourth-order valence-electron chi connectivity index (χ4n) is 2.63. The maximum absolute atomic E-state index is 5.46. The molecule has 0 fully saturated rings. The number of nitrogens with zero attached hydrogens (tertiary/aromatic N) is 4. The summed E-state index contributed by atoms with van der Waals surface area (Å²) < 4.78 is 5.51. The minimum Gasteiger partial charge on any atom is -0.272 e. The van der Waals surface area contributed by atoms with Crippen molar-refractivity contribution < 1.29 is 0 Å². The van der Waals surface area contributed by atoms with Crippen molar-refractivity contribution in [3.05, 3.63) is 56.8 Å². The molecule has 1 N–H and O–H groups in total. The third kappa shape index (κ3) is 3.30. The number of hydrogen-bond acceptors (Lipinski definition) is 3. The average molecular weight is 392 g/mol. The molecule has 0 spiro atoms. The third-order valence-corrected chi connectivity index (χ3v) is 4.49. The molecule has 0 aliphatic heterocycles. The zero-order valence-corrected chi connectivity index (χ0v) is 15.6. The largest absolute Gasteiger partial charge is 0.272 e. The summed E-state index contributed by atoms with van der Waals surface area (Å²) in [6.07, 6.45) is 3.74. The van der Waals surface area contributed by atoms with Gasteiger partial charge in [0.1, 0.15) is 5.82 Å². The molecule has 5 nitrogen and oxygen atoms in total. The van der Waals surface area contributed by atoms with E-state index in [0.717, 1.165) is 22.5 Å². The SMILES string of the molecule is Cc1ccc(C)c(-n2c([C@H](C)Cn3cc(Br)cn3)n[nH]c2=S)c1. The number of aromatic amines is 1. The fraction of sp³-hybridized carbons (Fsp3) is 0.312. The highest BCUT2D eigenvalue weighted by Gasteiger charge is 2.17. The quantitative estimate of drug-likeness (QED) is 0.674. The second kappa shape index (κ2) is 6.41. The number of rotatable bonds is 4. The lowest BCUT2D eigenvalue weighted by molar-refractivity contribution is 0.518. The van der Waals surface area contributed by atoms with Crippen LogP contribution in [0.4, 0.5) is 0 Å². The third-order valence-electron chi connectivity index (χ3n) is 3.81. The number of H-pyrrole nitrogens is 1. The van der Waals surface area contributed by atoms with Crippen molar-refractivity contribution in [2.24, 2.45) is 0 Å². The molecule has 0 saturated carbocycles. The van der Waals surface area contributed by atoms with Gasteiger partial charge >= 0.3 is 0 Å². The molecule has 0 saturated heterocycles. The van der Waals surface area contributed by atoms with Gasteiger partial charge in [-0.1, -0.05) is 19.1 Å². The summed E-state index contributed by atoms with van der Waals surface area (Å²) in [4.78, 5) is 0. The van der Waals surface area contributed by atoms with E-state index in [2.05, 4.69) is 70.2 Å². The van der Waals surface area contributed by atoms with Crippen molar-refractivity contribution in [3.8, 4) is 5.69 Å². The summed E-state index contributed by atoms with van der Waals surface area (Å²) >= 11 is 8.88. The maximum Gasteiger partial charge on any atom is 0.199 e. The van der Waals surface area contributed by atoms with E-state index in [4.69, 9.17) is 12.2 Å². The summed E-state index contributed by atoms with van der Waals surface area (Å²) in [5.74, 6) is 1.07. The fourth-order valence-corrected chi connectivity index (χ4v) is 3.20. The Labute approximate surface area is 148 Å². The lowest BCUT2D eigenvalue weighted by Gasteiger charge is -2.15. The number of aromatic nitrogens is 5. The predicted molar refractivity (Wildman–Crippen MR) is 96.6 cm³/mol. The van der Waals surface area contributed by atoms with Gasteiger partial charge in [-0.25, -0.2) is 0 Å². The molecule has 0 aliphatic carbocycles. The van der Waals surface area contributed by atoms with Crippen LogP contribution in [0.15, 0.2) is 35.1 Å². The van der Waals surface area contributed by atoms with Gasteiger partial charge in [0.15, 0.2) is 4.77 Å². The molecule has 1 aromatic carbocycles. The zero-order chi connectivity index (χ0) is 16.6. The topological polar surface area (TPSA) is 51.4 Å². The van der Waals surface area contributed by atoms with E-state index in [0.29, 0.717) is 4.77 Å². The van der Waals surface area contributed by atoms with Gasteiger partial charge in [-0.05, 0) is 59.2 Å². The molecule has 3 rings (SSSR count). The van der Waals surface area contributed by atoms with E-state index in [9.17, 15) is 0 Å². The van der Waals surface area contributed by atoms with Crippen LogP contribution in [0.1, 0.15) is 29.8 Å². The molecule has 0 radical (unpaired) electrons. The summed E-state index contributed by atoms with van der Waals surface area (Å²) in [5, 5.41) is 11.7. The minimum atomic E-state index is 0.162. The standard InChI is InChI=1S/C16H18BrN5S/c1-10-4-5-11(2)14(6-10)22-15(19-20-16(22)23)12(3)8-21-9-13(17)7-18-21/h4-7,9,12H,8H2,1-3H3,(H,20,23)/t12-/m1/s1. The van der Waals surface area contributed by atoms with Gasteiger partial charge in [0.05, 0.1) is 22.9 Å². The summed E-state index contributed by atoms with van der Waals surface area (Å²) in [7, 11) is 0. The van der Waals surface area contributed by atoms with Crippen molar-refractivity contribution >= 4 is 28.1 Å². The first-order valence-electron chi connectivity index (χ1n) is 7.38. The van der Waals surface area contributed by atoms with Gasteiger partial charge in [-0.3, -0.25) is 14.3 Å². The zero-order valence-electron chi connectivity index (χ0n) is 13.2. The Morgan fingerprint density at radius 3 is 2.83 bits per heavy atom. The molecular weight excluding hydrogens is 374 g/mol. The van der Waals surface area contributed by atoms with Crippen LogP contribution in [-0.2, 0) is 6.54 Å². The van der Waals surface area contributed by atoms with Gasteiger partial charge in [-0.2, -0.15) is 10.2 Å². The lowest BCUT2D eigenvalue weighted by atomic mass is 10.1. The highest BCUT2D eigenvalue weighted by Crippen LogP contribution is 2.23. The Kier molecular flexibility index (Phi) is 4.50. The smallest absolute Gasteiger partial charge is 0.199 e. The monoisotopic (exact) mass is 391 g/mol. The molecular formula is C16H18BrN5S.